The van der Waals surface area contributed by atoms with Crippen LogP contribution in [0.2, 0.25) is 0 Å². The maximum absolute atomic E-state index is 6.17. The number of hydrogen-bond acceptors (Lipinski definition) is 4. The van der Waals surface area contributed by atoms with E-state index < -0.39 is 0 Å². The van der Waals surface area contributed by atoms with Crippen molar-refractivity contribution in [2.45, 2.75) is 6.61 Å². The van der Waals surface area contributed by atoms with E-state index in [1.165, 1.54) is 10.8 Å². The van der Waals surface area contributed by atoms with Crippen LogP contribution < -0.4 is 14.2 Å². The Morgan fingerprint density at radius 1 is 0.871 bits per heavy atom. The van der Waals surface area contributed by atoms with Gasteiger partial charge < -0.3 is 14.2 Å². The minimum absolute atomic E-state index is 0.440. The third kappa shape index (κ3) is 4.89. The van der Waals surface area contributed by atoms with E-state index in [2.05, 4.69) is 45.2 Å². The number of aliphatic imine (C=N–C) groups is 1. The Bertz CT molecular complexity index is 1210. The van der Waals surface area contributed by atoms with E-state index in [-0.39, 0.29) is 0 Å². The summed E-state index contributed by atoms with van der Waals surface area (Å²) in [6, 6.07) is 26.0. The molecular formula is C26H22BrNO3. The first-order valence-corrected chi connectivity index (χ1v) is 10.6. The van der Waals surface area contributed by atoms with E-state index in [0.717, 1.165) is 27.0 Å². The Labute approximate surface area is 190 Å². The SMILES string of the molecule is COc1ccc(N=Cc2cc(Br)c(OCc3cccc4ccccc34)c(OC)c2)cc1. The Morgan fingerprint density at radius 3 is 2.42 bits per heavy atom. The third-order valence-electron chi connectivity index (χ3n) is 4.94. The van der Waals surface area contributed by atoms with Gasteiger partial charge in [-0.25, -0.2) is 0 Å². The predicted molar refractivity (Wildman–Crippen MR) is 129 cm³/mol. The molecule has 0 amide bonds. The zero-order chi connectivity index (χ0) is 21.6. The summed E-state index contributed by atoms with van der Waals surface area (Å²) in [5, 5.41) is 2.38. The van der Waals surface area contributed by atoms with Crippen molar-refractivity contribution in [2.75, 3.05) is 14.2 Å². The van der Waals surface area contributed by atoms with Crippen LogP contribution >= 0.6 is 15.9 Å². The van der Waals surface area contributed by atoms with Crippen LogP contribution in [-0.2, 0) is 6.61 Å². The maximum Gasteiger partial charge on any atom is 0.175 e. The summed E-state index contributed by atoms with van der Waals surface area (Å²) >= 11 is 3.62. The molecule has 156 valence electrons. The Morgan fingerprint density at radius 2 is 1.65 bits per heavy atom. The van der Waals surface area contributed by atoms with Crippen LogP contribution in [0.3, 0.4) is 0 Å². The van der Waals surface area contributed by atoms with Gasteiger partial charge in [0, 0.05) is 6.21 Å². The number of nitrogens with zero attached hydrogens (tertiary/aromatic N) is 1. The molecule has 0 saturated heterocycles. The van der Waals surface area contributed by atoms with Crippen LogP contribution in [0.4, 0.5) is 5.69 Å². The predicted octanol–water partition coefficient (Wildman–Crippen LogP) is 6.95. The van der Waals surface area contributed by atoms with Crippen molar-refractivity contribution in [3.63, 3.8) is 0 Å². The molecule has 0 N–H and O–H groups in total. The normalized spacial score (nSPS) is 11.1. The van der Waals surface area contributed by atoms with E-state index in [0.29, 0.717) is 18.1 Å². The maximum atomic E-state index is 6.17. The molecule has 0 aliphatic carbocycles. The lowest BCUT2D eigenvalue weighted by atomic mass is 10.1. The molecule has 0 unspecified atom stereocenters. The van der Waals surface area contributed by atoms with Gasteiger partial charge in [-0.05, 0) is 74.2 Å². The van der Waals surface area contributed by atoms with E-state index in [4.69, 9.17) is 14.2 Å². The Hall–Kier alpha value is -3.31. The lowest BCUT2D eigenvalue weighted by Gasteiger charge is -2.14. The van der Waals surface area contributed by atoms with Crippen LogP contribution in [0.1, 0.15) is 11.1 Å². The van der Waals surface area contributed by atoms with Gasteiger partial charge in [0.05, 0.1) is 24.4 Å². The first-order valence-electron chi connectivity index (χ1n) is 9.83. The van der Waals surface area contributed by atoms with E-state index >= 15 is 0 Å². The highest BCUT2D eigenvalue weighted by atomic mass is 79.9. The summed E-state index contributed by atoms with van der Waals surface area (Å²) in [7, 11) is 3.28. The molecule has 4 aromatic carbocycles. The average Bonchev–Trinajstić information content (AvgIpc) is 2.82. The number of fused-ring (bicyclic) bond motifs is 1. The van der Waals surface area contributed by atoms with E-state index in [9.17, 15) is 0 Å². The topological polar surface area (TPSA) is 40.0 Å². The van der Waals surface area contributed by atoms with Crippen LogP contribution in [-0.4, -0.2) is 20.4 Å². The van der Waals surface area contributed by atoms with Crippen molar-refractivity contribution in [3.05, 3.63) is 94.5 Å². The fraction of sp³-hybridized carbons (Fsp3) is 0.115. The first-order chi connectivity index (χ1) is 15.2. The van der Waals surface area contributed by atoms with Crippen molar-refractivity contribution in [3.8, 4) is 17.2 Å². The van der Waals surface area contributed by atoms with E-state index in [1.54, 1.807) is 20.4 Å². The molecule has 0 bridgehead atoms. The molecule has 0 aliphatic heterocycles. The molecule has 4 nitrogen and oxygen atoms in total. The molecule has 0 radical (unpaired) electrons. The third-order valence-corrected chi connectivity index (χ3v) is 5.53. The Balaban J connectivity index is 1.55. The van der Waals surface area contributed by atoms with Crippen molar-refractivity contribution >= 4 is 38.6 Å². The highest BCUT2D eigenvalue weighted by Gasteiger charge is 2.12. The highest BCUT2D eigenvalue weighted by molar-refractivity contribution is 9.10. The molecule has 0 heterocycles. The number of hydrogen-bond donors (Lipinski definition) is 0. The average molecular weight is 476 g/mol. The molecule has 0 spiro atoms. The van der Waals surface area contributed by atoms with Crippen LogP contribution in [0.25, 0.3) is 10.8 Å². The van der Waals surface area contributed by atoms with Gasteiger partial charge in [0.25, 0.3) is 0 Å². The molecule has 4 aromatic rings. The van der Waals surface area contributed by atoms with Gasteiger partial charge in [-0.3, -0.25) is 4.99 Å². The van der Waals surface area contributed by atoms with Crippen LogP contribution in [0.5, 0.6) is 17.2 Å². The largest absolute Gasteiger partial charge is 0.497 e. The smallest absolute Gasteiger partial charge is 0.175 e. The van der Waals surface area contributed by atoms with Gasteiger partial charge in [0.15, 0.2) is 11.5 Å². The van der Waals surface area contributed by atoms with Gasteiger partial charge in [0.1, 0.15) is 12.4 Å². The number of ether oxygens (including phenoxy) is 3. The summed E-state index contributed by atoms with van der Waals surface area (Å²) < 4.78 is 17.7. The second-order valence-corrected chi connectivity index (χ2v) is 7.77. The van der Waals surface area contributed by atoms with Gasteiger partial charge in [-0.15, -0.1) is 0 Å². The minimum atomic E-state index is 0.440. The number of rotatable bonds is 7. The van der Waals surface area contributed by atoms with Crippen molar-refractivity contribution in [1.82, 2.24) is 0 Å². The van der Waals surface area contributed by atoms with Gasteiger partial charge >= 0.3 is 0 Å². The molecule has 0 atom stereocenters. The fourth-order valence-electron chi connectivity index (χ4n) is 3.34. The standard InChI is InChI=1S/C26H22BrNO3/c1-29-22-12-10-21(11-13-22)28-16-18-14-24(27)26(25(15-18)30-2)31-17-20-8-5-7-19-6-3-4-9-23(19)20/h3-16H,17H2,1-2H3. The van der Waals surface area contributed by atoms with Gasteiger partial charge in [-0.2, -0.15) is 0 Å². The number of benzene rings is 4. The molecule has 0 fully saturated rings. The zero-order valence-electron chi connectivity index (χ0n) is 17.3. The Kier molecular flexibility index (Phi) is 6.53. The molecule has 0 saturated carbocycles. The van der Waals surface area contributed by atoms with Gasteiger partial charge in [-0.1, -0.05) is 42.5 Å². The molecular weight excluding hydrogens is 454 g/mol. The lowest BCUT2D eigenvalue weighted by molar-refractivity contribution is 0.283. The van der Waals surface area contributed by atoms with Crippen LogP contribution in [0, 0.1) is 0 Å². The second kappa shape index (κ2) is 9.67. The summed E-state index contributed by atoms with van der Waals surface area (Å²) in [4.78, 5) is 4.53. The first kappa shape index (κ1) is 20.9. The summed E-state index contributed by atoms with van der Waals surface area (Å²) in [5.74, 6) is 2.11. The summed E-state index contributed by atoms with van der Waals surface area (Å²) in [6.45, 7) is 0.440. The van der Waals surface area contributed by atoms with E-state index in [1.807, 2.05) is 54.6 Å². The minimum Gasteiger partial charge on any atom is -0.497 e. The van der Waals surface area contributed by atoms with Crippen molar-refractivity contribution in [2.24, 2.45) is 4.99 Å². The molecule has 0 aromatic heterocycles. The van der Waals surface area contributed by atoms with Crippen molar-refractivity contribution < 1.29 is 14.2 Å². The van der Waals surface area contributed by atoms with Gasteiger partial charge in [0.2, 0.25) is 0 Å². The molecule has 5 heteroatoms. The summed E-state index contributed by atoms with van der Waals surface area (Å²) in [5.41, 5.74) is 2.86. The monoisotopic (exact) mass is 475 g/mol. The fourth-order valence-corrected chi connectivity index (χ4v) is 3.91. The molecule has 4 rings (SSSR count). The molecule has 31 heavy (non-hydrogen) atoms. The zero-order valence-corrected chi connectivity index (χ0v) is 18.9. The highest BCUT2D eigenvalue weighted by Crippen LogP contribution is 2.37. The second-order valence-electron chi connectivity index (χ2n) is 6.92. The number of halogens is 1. The summed E-state index contributed by atoms with van der Waals surface area (Å²) in [6.07, 6.45) is 1.80. The lowest BCUT2D eigenvalue weighted by Crippen LogP contribution is -2.00. The van der Waals surface area contributed by atoms with Crippen molar-refractivity contribution in [1.29, 1.82) is 0 Å². The molecule has 0 aliphatic rings. The number of methoxy groups -OCH3 is 2. The van der Waals surface area contributed by atoms with Crippen LogP contribution in [0.15, 0.2) is 88.3 Å². The quantitative estimate of drug-likeness (QED) is 0.271.